The van der Waals surface area contributed by atoms with Gasteiger partial charge in [-0.2, -0.15) is 0 Å². The number of carboxylic acid groups (broad SMARTS) is 1. The predicted octanol–water partition coefficient (Wildman–Crippen LogP) is 1.14. The van der Waals surface area contributed by atoms with Gasteiger partial charge in [0.1, 0.15) is 18.2 Å². The molecule has 0 saturated carbocycles. The maximum atomic E-state index is 11.6. The van der Waals surface area contributed by atoms with Crippen LogP contribution in [0, 0.1) is 0 Å². The van der Waals surface area contributed by atoms with Gasteiger partial charge in [0.15, 0.2) is 0 Å². The highest BCUT2D eigenvalue weighted by molar-refractivity contribution is 5.83. The van der Waals surface area contributed by atoms with Gasteiger partial charge in [-0.25, -0.2) is 14.8 Å². The molecule has 0 radical (unpaired) electrons. The van der Waals surface area contributed by atoms with Crippen LogP contribution in [-0.4, -0.2) is 51.4 Å². The van der Waals surface area contributed by atoms with Crippen molar-refractivity contribution in [3.63, 3.8) is 0 Å². The second-order valence-corrected chi connectivity index (χ2v) is 6.14. The number of hydrogen-bond acceptors (Lipinski definition) is 6. The van der Waals surface area contributed by atoms with E-state index in [-0.39, 0.29) is 13.0 Å². The highest BCUT2D eigenvalue weighted by atomic mass is 16.4. The smallest absolute Gasteiger partial charge is 0.326 e. The van der Waals surface area contributed by atoms with E-state index in [4.69, 9.17) is 0 Å². The molecule has 0 unspecified atom stereocenters. The zero-order valence-electron chi connectivity index (χ0n) is 13.0. The number of anilines is 2. The summed E-state index contributed by atoms with van der Waals surface area (Å²) in [6.07, 6.45) is 1.72. The fraction of sp³-hybridized carbons (Fsp3) is 0.353. The number of nitrogens with zero attached hydrogens (tertiary/aromatic N) is 3. The van der Waals surface area contributed by atoms with Crippen LogP contribution < -0.4 is 10.2 Å². The van der Waals surface area contributed by atoms with Crippen molar-refractivity contribution >= 4 is 17.5 Å². The van der Waals surface area contributed by atoms with Gasteiger partial charge in [0.2, 0.25) is 0 Å². The maximum absolute atomic E-state index is 11.6. The molecule has 3 N–H and O–H groups in total. The largest absolute Gasteiger partial charge is 0.480 e. The van der Waals surface area contributed by atoms with Gasteiger partial charge in [0.25, 0.3) is 0 Å². The van der Waals surface area contributed by atoms with Crippen molar-refractivity contribution in [1.29, 1.82) is 0 Å². The Morgan fingerprint density at radius 1 is 1.29 bits per heavy atom. The van der Waals surface area contributed by atoms with Crippen molar-refractivity contribution < 1.29 is 15.0 Å². The number of nitrogens with one attached hydrogen (secondary N) is 1. The fourth-order valence-corrected chi connectivity index (χ4v) is 3.56. The van der Waals surface area contributed by atoms with Gasteiger partial charge in [-0.1, -0.05) is 18.2 Å². The van der Waals surface area contributed by atoms with E-state index in [2.05, 4.69) is 15.3 Å². The third kappa shape index (κ3) is 2.37. The van der Waals surface area contributed by atoms with Crippen molar-refractivity contribution in [2.24, 2.45) is 0 Å². The van der Waals surface area contributed by atoms with Crippen LogP contribution in [0.2, 0.25) is 0 Å². The summed E-state index contributed by atoms with van der Waals surface area (Å²) >= 11 is 0. The lowest BCUT2D eigenvalue weighted by Gasteiger charge is -2.25. The van der Waals surface area contributed by atoms with Gasteiger partial charge in [-0.15, -0.1) is 0 Å². The Balaban J connectivity index is 1.84. The molecule has 0 amide bonds. The van der Waals surface area contributed by atoms with Crippen molar-refractivity contribution in [2.75, 3.05) is 23.3 Å². The molecule has 2 aliphatic rings. The fourth-order valence-electron chi connectivity index (χ4n) is 3.56. The van der Waals surface area contributed by atoms with E-state index >= 15 is 0 Å². The number of carbonyl (C=O) groups is 1. The minimum absolute atomic E-state index is 0.211. The Hall–Kier alpha value is -2.67. The normalized spacial score (nSPS) is 22.3. The van der Waals surface area contributed by atoms with Crippen molar-refractivity contribution in [1.82, 2.24) is 9.97 Å². The van der Waals surface area contributed by atoms with E-state index in [0.717, 1.165) is 29.1 Å². The van der Waals surface area contributed by atoms with Crippen LogP contribution in [0.3, 0.4) is 0 Å². The molecule has 3 heterocycles. The van der Waals surface area contributed by atoms with Crippen LogP contribution in [0.5, 0.6) is 0 Å². The first-order chi connectivity index (χ1) is 11.6. The molecule has 4 rings (SSSR count). The van der Waals surface area contributed by atoms with Gasteiger partial charge in [-0.05, 0) is 12.5 Å². The Labute approximate surface area is 139 Å². The third-order valence-corrected chi connectivity index (χ3v) is 4.63. The first-order valence-corrected chi connectivity index (χ1v) is 8.00. The third-order valence-electron chi connectivity index (χ3n) is 4.63. The number of β-amino-alcohol motifs (C(OH)–C–C–N with tert-alkyl or cyclic N) is 1. The number of para-hydroxylation sites is 1. The number of carboxylic acids is 1. The minimum atomic E-state index is -0.939. The highest BCUT2D eigenvalue weighted by Crippen LogP contribution is 2.37. The average molecular weight is 326 g/mol. The first kappa shape index (κ1) is 14.9. The zero-order valence-corrected chi connectivity index (χ0v) is 13.0. The average Bonchev–Trinajstić information content (AvgIpc) is 2.87. The van der Waals surface area contributed by atoms with Crippen LogP contribution in [0.25, 0.3) is 11.3 Å². The van der Waals surface area contributed by atoms with Gasteiger partial charge in [0, 0.05) is 36.3 Å². The number of aliphatic carboxylic acids is 1. The monoisotopic (exact) mass is 326 g/mol. The summed E-state index contributed by atoms with van der Waals surface area (Å²) in [6.45, 7) is 0.994. The summed E-state index contributed by atoms with van der Waals surface area (Å²) in [5.41, 5.74) is 3.75. The molecular formula is C17H18N4O3. The van der Waals surface area contributed by atoms with E-state index < -0.39 is 18.1 Å². The number of hydrogen-bond donors (Lipinski definition) is 3. The number of fused-ring (bicyclic) bond motifs is 3. The van der Waals surface area contributed by atoms with E-state index in [1.165, 1.54) is 6.33 Å². The number of benzene rings is 1. The Morgan fingerprint density at radius 3 is 2.96 bits per heavy atom. The van der Waals surface area contributed by atoms with E-state index in [1.54, 1.807) is 4.90 Å². The summed E-state index contributed by atoms with van der Waals surface area (Å²) < 4.78 is 0. The number of aliphatic hydroxyl groups excluding tert-OH is 1. The lowest BCUT2D eigenvalue weighted by atomic mass is 10.0. The second-order valence-electron chi connectivity index (χ2n) is 6.14. The molecule has 1 aromatic carbocycles. The topological polar surface area (TPSA) is 98.6 Å². The molecule has 7 nitrogen and oxygen atoms in total. The predicted molar refractivity (Wildman–Crippen MR) is 89.1 cm³/mol. The molecule has 24 heavy (non-hydrogen) atoms. The second kappa shape index (κ2) is 5.76. The van der Waals surface area contributed by atoms with Gasteiger partial charge in [0.05, 0.1) is 11.8 Å². The summed E-state index contributed by atoms with van der Waals surface area (Å²) in [5.74, 6) is -0.325. The van der Waals surface area contributed by atoms with Gasteiger partial charge in [-0.3, -0.25) is 0 Å². The first-order valence-electron chi connectivity index (χ1n) is 8.00. The molecule has 7 heteroatoms. The van der Waals surface area contributed by atoms with E-state index in [9.17, 15) is 15.0 Å². The maximum Gasteiger partial charge on any atom is 0.326 e. The Morgan fingerprint density at radius 2 is 2.12 bits per heavy atom. The number of aromatic nitrogens is 2. The quantitative estimate of drug-likeness (QED) is 0.761. The molecule has 0 spiro atoms. The molecule has 2 aromatic rings. The summed E-state index contributed by atoms with van der Waals surface area (Å²) in [4.78, 5) is 22.1. The van der Waals surface area contributed by atoms with E-state index in [0.29, 0.717) is 12.2 Å². The van der Waals surface area contributed by atoms with Crippen molar-refractivity contribution in [3.8, 4) is 11.3 Å². The SMILES string of the molecule is O=C(O)[C@@H]1C[C@@H](O)CN1c1ncnc2c1CCNc1ccccc1-2. The van der Waals surface area contributed by atoms with Gasteiger partial charge < -0.3 is 20.4 Å². The van der Waals surface area contributed by atoms with Crippen LogP contribution in [0.1, 0.15) is 12.0 Å². The van der Waals surface area contributed by atoms with E-state index in [1.807, 2.05) is 24.3 Å². The van der Waals surface area contributed by atoms with Crippen molar-refractivity contribution in [2.45, 2.75) is 25.0 Å². The molecule has 0 bridgehead atoms. The Bertz CT molecular complexity index is 795. The summed E-state index contributed by atoms with van der Waals surface area (Å²) in [6, 6.07) is 7.17. The van der Waals surface area contributed by atoms with Crippen LogP contribution >= 0.6 is 0 Å². The molecule has 124 valence electrons. The molecule has 1 aromatic heterocycles. The molecule has 2 atom stereocenters. The van der Waals surface area contributed by atoms with Crippen LogP contribution in [-0.2, 0) is 11.2 Å². The van der Waals surface area contributed by atoms with Gasteiger partial charge >= 0.3 is 5.97 Å². The van der Waals surface area contributed by atoms with Crippen LogP contribution in [0.4, 0.5) is 11.5 Å². The lowest BCUT2D eigenvalue weighted by Crippen LogP contribution is -2.37. The van der Waals surface area contributed by atoms with Crippen LogP contribution in [0.15, 0.2) is 30.6 Å². The number of aliphatic hydroxyl groups is 1. The summed E-state index contributed by atoms with van der Waals surface area (Å²) in [5, 5.41) is 22.8. The zero-order chi connectivity index (χ0) is 16.7. The highest BCUT2D eigenvalue weighted by Gasteiger charge is 2.38. The molecular weight excluding hydrogens is 308 g/mol. The Kier molecular flexibility index (Phi) is 3.57. The molecule has 1 fully saturated rings. The summed E-state index contributed by atoms with van der Waals surface area (Å²) in [7, 11) is 0. The number of rotatable bonds is 2. The molecule has 2 aliphatic heterocycles. The minimum Gasteiger partial charge on any atom is -0.480 e. The molecule has 0 aliphatic carbocycles. The molecule has 1 saturated heterocycles. The lowest BCUT2D eigenvalue weighted by molar-refractivity contribution is -0.138. The standard InChI is InChI=1S/C17H18N4O3/c22-10-7-14(17(23)24)21(8-10)16-12-5-6-18-13-4-2-1-3-11(13)15(12)19-9-20-16/h1-4,9-10,14,18,22H,5-8H2,(H,23,24)/t10-,14+/m1/s1. The van der Waals surface area contributed by atoms with Crippen molar-refractivity contribution in [3.05, 3.63) is 36.2 Å².